The van der Waals surface area contributed by atoms with E-state index in [1.807, 2.05) is 0 Å². The maximum absolute atomic E-state index is 12.1. The van der Waals surface area contributed by atoms with Crippen molar-refractivity contribution >= 4 is 5.97 Å². The summed E-state index contributed by atoms with van der Waals surface area (Å²) in [6.07, 6.45) is 6.42. The molecule has 4 heteroatoms. The van der Waals surface area contributed by atoms with Crippen LogP contribution in [-0.2, 0) is 14.3 Å². The number of carbonyl (C=O) groups is 1. The Morgan fingerprint density at radius 1 is 1.35 bits per heavy atom. The molecule has 0 amide bonds. The summed E-state index contributed by atoms with van der Waals surface area (Å²) in [4.78, 5) is 12.1. The summed E-state index contributed by atoms with van der Waals surface area (Å²) < 4.78 is 10.2. The van der Waals surface area contributed by atoms with Gasteiger partial charge in [0.2, 0.25) is 0 Å². The SMILES string of the molecule is COCCC1CCCC1(NC1CC1)C(=O)OC. The number of nitrogens with one attached hydrogen (secondary N) is 1. The van der Waals surface area contributed by atoms with Crippen molar-refractivity contribution in [3.8, 4) is 0 Å². The minimum absolute atomic E-state index is 0.0806. The first-order valence-electron chi connectivity index (χ1n) is 6.58. The van der Waals surface area contributed by atoms with Gasteiger partial charge in [0.05, 0.1) is 7.11 Å². The number of hydrogen-bond acceptors (Lipinski definition) is 4. The van der Waals surface area contributed by atoms with E-state index in [-0.39, 0.29) is 5.97 Å². The summed E-state index contributed by atoms with van der Waals surface area (Å²) in [5.41, 5.74) is -0.436. The molecule has 2 rings (SSSR count). The van der Waals surface area contributed by atoms with Crippen LogP contribution in [0.1, 0.15) is 38.5 Å². The smallest absolute Gasteiger partial charge is 0.326 e. The molecule has 2 aliphatic rings. The molecule has 2 fully saturated rings. The maximum atomic E-state index is 12.1. The molecule has 4 nitrogen and oxygen atoms in total. The summed E-state index contributed by atoms with van der Waals surface area (Å²) in [7, 11) is 3.20. The molecule has 0 aliphatic heterocycles. The van der Waals surface area contributed by atoms with Crippen LogP contribution in [-0.4, -0.2) is 38.4 Å². The minimum Gasteiger partial charge on any atom is -0.468 e. The Morgan fingerprint density at radius 3 is 2.71 bits per heavy atom. The van der Waals surface area contributed by atoms with E-state index in [1.165, 1.54) is 20.0 Å². The zero-order chi connectivity index (χ0) is 12.3. The van der Waals surface area contributed by atoms with E-state index in [9.17, 15) is 4.79 Å². The molecule has 0 aromatic carbocycles. The van der Waals surface area contributed by atoms with E-state index in [2.05, 4.69) is 5.32 Å². The van der Waals surface area contributed by atoms with Gasteiger partial charge in [-0.3, -0.25) is 10.1 Å². The molecule has 0 spiro atoms. The Kier molecular flexibility index (Phi) is 4.05. The highest BCUT2D eigenvalue weighted by Crippen LogP contribution is 2.41. The number of hydrogen-bond donors (Lipinski definition) is 1. The molecule has 0 bridgehead atoms. The quantitative estimate of drug-likeness (QED) is 0.716. The van der Waals surface area contributed by atoms with Crippen molar-refractivity contribution in [3.63, 3.8) is 0 Å². The fraction of sp³-hybridized carbons (Fsp3) is 0.923. The van der Waals surface area contributed by atoms with E-state index in [4.69, 9.17) is 9.47 Å². The van der Waals surface area contributed by atoms with Crippen molar-refractivity contribution in [1.29, 1.82) is 0 Å². The minimum atomic E-state index is -0.436. The standard InChI is InChI=1S/C13H23NO3/c1-16-9-7-10-4-3-8-13(10,12(15)17-2)14-11-5-6-11/h10-11,14H,3-9H2,1-2H3. The molecule has 2 unspecified atom stereocenters. The number of carbonyl (C=O) groups excluding carboxylic acids is 1. The predicted molar refractivity (Wildman–Crippen MR) is 64.7 cm³/mol. The Labute approximate surface area is 103 Å². The number of esters is 1. The van der Waals surface area contributed by atoms with Crippen LogP contribution in [0.15, 0.2) is 0 Å². The summed E-state index contributed by atoms with van der Waals surface area (Å²) in [5.74, 6) is 0.276. The summed E-state index contributed by atoms with van der Waals surface area (Å²) in [5, 5.41) is 3.55. The average Bonchev–Trinajstić information content (AvgIpc) is 3.05. The number of ether oxygens (including phenoxy) is 2. The van der Waals surface area contributed by atoms with Gasteiger partial charge in [-0.15, -0.1) is 0 Å². The molecule has 98 valence electrons. The van der Waals surface area contributed by atoms with Crippen molar-refractivity contribution in [3.05, 3.63) is 0 Å². The zero-order valence-corrected chi connectivity index (χ0v) is 10.8. The first-order valence-corrected chi connectivity index (χ1v) is 6.58. The van der Waals surface area contributed by atoms with E-state index in [1.54, 1.807) is 7.11 Å². The Hall–Kier alpha value is -0.610. The average molecular weight is 241 g/mol. The van der Waals surface area contributed by atoms with Gasteiger partial charge in [-0.25, -0.2) is 0 Å². The largest absolute Gasteiger partial charge is 0.468 e. The lowest BCUT2D eigenvalue weighted by Crippen LogP contribution is -2.56. The van der Waals surface area contributed by atoms with E-state index in [0.717, 1.165) is 32.3 Å². The highest BCUT2D eigenvalue weighted by molar-refractivity contribution is 5.81. The third-order valence-electron chi connectivity index (χ3n) is 4.08. The van der Waals surface area contributed by atoms with Gasteiger partial charge in [-0.05, 0) is 38.0 Å². The van der Waals surface area contributed by atoms with E-state index >= 15 is 0 Å². The second kappa shape index (κ2) is 5.36. The lowest BCUT2D eigenvalue weighted by molar-refractivity contribution is -0.150. The molecular formula is C13H23NO3. The van der Waals surface area contributed by atoms with Crippen LogP contribution in [0.5, 0.6) is 0 Å². The van der Waals surface area contributed by atoms with Gasteiger partial charge < -0.3 is 9.47 Å². The van der Waals surface area contributed by atoms with Crippen LogP contribution >= 0.6 is 0 Å². The third-order valence-corrected chi connectivity index (χ3v) is 4.08. The van der Waals surface area contributed by atoms with Crippen molar-refractivity contribution < 1.29 is 14.3 Å². The summed E-state index contributed by atoms with van der Waals surface area (Å²) >= 11 is 0. The molecular weight excluding hydrogens is 218 g/mol. The van der Waals surface area contributed by atoms with Crippen LogP contribution in [0.4, 0.5) is 0 Å². The van der Waals surface area contributed by atoms with E-state index in [0.29, 0.717) is 12.0 Å². The Bertz CT molecular complexity index is 278. The Morgan fingerprint density at radius 2 is 2.12 bits per heavy atom. The topological polar surface area (TPSA) is 47.6 Å². The Balaban J connectivity index is 2.08. The summed E-state index contributed by atoms with van der Waals surface area (Å²) in [6, 6.07) is 0.525. The maximum Gasteiger partial charge on any atom is 0.326 e. The molecule has 1 N–H and O–H groups in total. The van der Waals surface area contributed by atoms with E-state index < -0.39 is 5.54 Å². The normalized spacial score (nSPS) is 32.7. The molecule has 0 saturated heterocycles. The fourth-order valence-electron chi connectivity index (χ4n) is 3.02. The molecule has 0 radical (unpaired) electrons. The number of rotatable bonds is 6. The molecule has 2 saturated carbocycles. The van der Waals surface area contributed by atoms with Crippen LogP contribution in [0.3, 0.4) is 0 Å². The monoisotopic (exact) mass is 241 g/mol. The van der Waals surface area contributed by atoms with Gasteiger partial charge in [0.15, 0.2) is 0 Å². The molecule has 2 atom stereocenters. The number of methoxy groups -OCH3 is 2. The molecule has 0 aromatic rings. The first-order chi connectivity index (χ1) is 8.23. The van der Waals surface area contributed by atoms with Gasteiger partial charge in [0, 0.05) is 19.8 Å². The highest BCUT2D eigenvalue weighted by atomic mass is 16.5. The molecule has 0 heterocycles. The van der Waals surface area contributed by atoms with Gasteiger partial charge in [0.25, 0.3) is 0 Å². The van der Waals surface area contributed by atoms with Gasteiger partial charge in [0.1, 0.15) is 5.54 Å². The van der Waals surface area contributed by atoms with Crippen molar-refractivity contribution in [2.75, 3.05) is 20.8 Å². The third kappa shape index (κ3) is 2.63. The van der Waals surface area contributed by atoms with Crippen molar-refractivity contribution in [1.82, 2.24) is 5.32 Å². The predicted octanol–water partition coefficient (Wildman–Crippen LogP) is 1.49. The van der Waals surface area contributed by atoms with Gasteiger partial charge >= 0.3 is 5.97 Å². The van der Waals surface area contributed by atoms with Gasteiger partial charge in [-0.2, -0.15) is 0 Å². The highest BCUT2D eigenvalue weighted by Gasteiger charge is 2.51. The lowest BCUT2D eigenvalue weighted by Gasteiger charge is -2.34. The van der Waals surface area contributed by atoms with Crippen molar-refractivity contribution in [2.45, 2.75) is 50.1 Å². The summed E-state index contributed by atoms with van der Waals surface area (Å²) in [6.45, 7) is 0.718. The second-order valence-electron chi connectivity index (χ2n) is 5.25. The fourth-order valence-corrected chi connectivity index (χ4v) is 3.02. The first kappa shape index (κ1) is 12.8. The molecule has 17 heavy (non-hydrogen) atoms. The lowest BCUT2D eigenvalue weighted by atomic mass is 9.84. The van der Waals surface area contributed by atoms with Crippen LogP contribution in [0.25, 0.3) is 0 Å². The van der Waals surface area contributed by atoms with Crippen LogP contribution in [0.2, 0.25) is 0 Å². The van der Waals surface area contributed by atoms with Crippen molar-refractivity contribution in [2.24, 2.45) is 5.92 Å². The van der Waals surface area contributed by atoms with Crippen LogP contribution < -0.4 is 5.32 Å². The zero-order valence-electron chi connectivity index (χ0n) is 10.8. The molecule has 2 aliphatic carbocycles. The second-order valence-corrected chi connectivity index (χ2v) is 5.25. The van der Waals surface area contributed by atoms with Gasteiger partial charge in [-0.1, -0.05) is 6.42 Å². The molecule has 0 aromatic heterocycles. The van der Waals surface area contributed by atoms with Crippen LogP contribution in [0, 0.1) is 5.92 Å².